The lowest BCUT2D eigenvalue weighted by Crippen LogP contribution is -2.25. The van der Waals surface area contributed by atoms with E-state index in [1.807, 2.05) is 24.3 Å². The molecule has 23 heavy (non-hydrogen) atoms. The Morgan fingerprint density at radius 1 is 1.09 bits per heavy atom. The van der Waals surface area contributed by atoms with Crippen LogP contribution in [0.5, 0.6) is 0 Å². The minimum Gasteiger partial charge on any atom is -0.352 e. The third-order valence-electron chi connectivity index (χ3n) is 3.36. The van der Waals surface area contributed by atoms with Crippen molar-refractivity contribution < 1.29 is 4.79 Å². The molecule has 1 N–H and O–H groups in total. The van der Waals surface area contributed by atoms with E-state index in [4.69, 9.17) is 11.6 Å². The molecular weight excluding hydrogens is 314 g/mol. The largest absolute Gasteiger partial charge is 0.352 e. The van der Waals surface area contributed by atoms with Crippen LogP contribution in [0, 0.1) is 0 Å². The van der Waals surface area contributed by atoms with Crippen LogP contribution >= 0.6 is 11.6 Å². The van der Waals surface area contributed by atoms with E-state index in [2.05, 4.69) is 20.8 Å². The number of hydrogen-bond acceptors (Lipinski definition) is 4. The van der Waals surface area contributed by atoms with E-state index in [-0.39, 0.29) is 5.91 Å². The first kappa shape index (κ1) is 15.2. The number of halogens is 1. The number of rotatable bonds is 5. The topological polar surface area (TPSA) is 72.7 Å². The van der Waals surface area contributed by atoms with E-state index in [0.717, 1.165) is 17.7 Å². The van der Waals surface area contributed by atoms with Crippen LogP contribution in [-0.2, 0) is 6.42 Å². The maximum atomic E-state index is 12.1. The molecular formula is C16H14ClN5O. The van der Waals surface area contributed by atoms with Crippen LogP contribution in [0.1, 0.15) is 15.9 Å². The number of aromatic nitrogens is 4. The Bertz CT molecular complexity index is 769. The van der Waals surface area contributed by atoms with Crippen LogP contribution < -0.4 is 5.32 Å². The molecule has 0 spiro atoms. The first-order chi connectivity index (χ1) is 11.2. The Hall–Kier alpha value is -2.73. The van der Waals surface area contributed by atoms with Crippen LogP contribution in [0.25, 0.3) is 5.69 Å². The molecule has 7 heteroatoms. The summed E-state index contributed by atoms with van der Waals surface area (Å²) in [6, 6.07) is 14.7. The molecule has 0 bridgehead atoms. The summed E-state index contributed by atoms with van der Waals surface area (Å²) in [4.78, 5) is 12.1. The number of carbonyl (C=O) groups excluding carboxylic acids is 1. The number of nitrogens with zero attached hydrogens (tertiary/aromatic N) is 4. The van der Waals surface area contributed by atoms with Crippen LogP contribution in [0.15, 0.2) is 54.9 Å². The smallest absolute Gasteiger partial charge is 0.251 e. The predicted octanol–water partition coefficient (Wildman–Crippen LogP) is 2.29. The molecule has 2 aromatic carbocycles. The monoisotopic (exact) mass is 327 g/mol. The lowest BCUT2D eigenvalue weighted by Gasteiger charge is -2.06. The van der Waals surface area contributed by atoms with E-state index in [1.54, 1.807) is 24.3 Å². The molecule has 0 atom stereocenters. The normalized spacial score (nSPS) is 10.5. The average molecular weight is 328 g/mol. The van der Waals surface area contributed by atoms with E-state index < -0.39 is 0 Å². The number of carbonyl (C=O) groups is 1. The highest BCUT2D eigenvalue weighted by molar-refractivity contribution is 6.30. The molecule has 0 aliphatic rings. The fourth-order valence-electron chi connectivity index (χ4n) is 2.12. The first-order valence-corrected chi connectivity index (χ1v) is 7.46. The summed E-state index contributed by atoms with van der Waals surface area (Å²) in [7, 11) is 0. The van der Waals surface area contributed by atoms with Gasteiger partial charge in [0.25, 0.3) is 5.91 Å². The van der Waals surface area contributed by atoms with Gasteiger partial charge in [0.15, 0.2) is 0 Å². The van der Waals surface area contributed by atoms with Gasteiger partial charge in [-0.05, 0) is 58.8 Å². The van der Waals surface area contributed by atoms with Gasteiger partial charge in [-0.25, -0.2) is 4.68 Å². The molecule has 0 radical (unpaired) electrons. The summed E-state index contributed by atoms with van der Waals surface area (Å²) in [6.07, 6.45) is 2.26. The highest BCUT2D eigenvalue weighted by Gasteiger charge is 2.06. The summed E-state index contributed by atoms with van der Waals surface area (Å²) in [5, 5.41) is 14.6. The molecule has 3 aromatic rings. The highest BCUT2D eigenvalue weighted by atomic mass is 35.5. The van der Waals surface area contributed by atoms with Crippen molar-refractivity contribution in [2.75, 3.05) is 6.54 Å². The van der Waals surface area contributed by atoms with Gasteiger partial charge in [-0.15, -0.1) is 5.10 Å². The van der Waals surface area contributed by atoms with Gasteiger partial charge in [-0.3, -0.25) is 4.79 Å². The van der Waals surface area contributed by atoms with E-state index in [9.17, 15) is 4.79 Å². The third-order valence-corrected chi connectivity index (χ3v) is 3.61. The Morgan fingerprint density at radius 2 is 1.83 bits per heavy atom. The van der Waals surface area contributed by atoms with E-state index in [1.165, 1.54) is 11.0 Å². The quantitative estimate of drug-likeness (QED) is 0.780. The number of benzene rings is 2. The van der Waals surface area contributed by atoms with Crippen LogP contribution in [0.3, 0.4) is 0 Å². The summed E-state index contributed by atoms with van der Waals surface area (Å²) in [5.74, 6) is -0.109. The summed E-state index contributed by atoms with van der Waals surface area (Å²) in [5.41, 5.74) is 2.52. The minimum atomic E-state index is -0.109. The molecule has 1 amide bonds. The number of nitrogens with one attached hydrogen (secondary N) is 1. The Kier molecular flexibility index (Phi) is 4.63. The number of amides is 1. The highest BCUT2D eigenvalue weighted by Crippen LogP contribution is 2.10. The molecule has 116 valence electrons. The molecule has 0 saturated heterocycles. The molecule has 3 rings (SSSR count). The standard InChI is InChI=1S/C16H14ClN5O/c17-14-5-1-12(2-6-14)9-10-18-16(23)13-3-7-15(8-4-13)22-11-19-20-21-22/h1-8,11H,9-10H2,(H,18,23). The molecule has 6 nitrogen and oxygen atoms in total. The molecule has 1 aromatic heterocycles. The number of hydrogen-bond donors (Lipinski definition) is 1. The third kappa shape index (κ3) is 3.92. The number of tetrazole rings is 1. The second-order valence-corrected chi connectivity index (χ2v) is 5.37. The van der Waals surface area contributed by atoms with Crippen molar-refractivity contribution in [2.24, 2.45) is 0 Å². The Balaban J connectivity index is 1.55. The lowest BCUT2D eigenvalue weighted by atomic mass is 10.1. The fraction of sp³-hybridized carbons (Fsp3) is 0.125. The first-order valence-electron chi connectivity index (χ1n) is 7.08. The zero-order valence-corrected chi connectivity index (χ0v) is 12.9. The van der Waals surface area contributed by atoms with Gasteiger partial charge in [0.1, 0.15) is 6.33 Å². The molecule has 0 aliphatic carbocycles. The summed E-state index contributed by atoms with van der Waals surface area (Å²) in [6.45, 7) is 0.565. The molecule has 0 fully saturated rings. The summed E-state index contributed by atoms with van der Waals surface area (Å²) >= 11 is 5.84. The van der Waals surface area contributed by atoms with Crippen molar-refractivity contribution in [2.45, 2.75) is 6.42 Å². The zero-order valence-electron chi connectivity index (χ0n) is 12.2. The van der Waals surface area contributed by atoms with Crippen molar-refractivity contribution in [3.05, 3.63) is 71.0 Å². The van der Waals surface area contributed by atoms with Crippen LogP contribution in [0.2, 0.25) is 5.02 Å². The minimum absolute atomic E-state index is 0.109. The Labute approximate surface area is 138 Å². The molecule has 1 heterocycles. The lowest BCUT2D eigenvalue weighted by molar-refractivity contribution is 0.0954. The van der Waals surface area contributed by atoms with Crippen molar-refractivity contribution in [1.29, 1.82) is 0 Å². The van der Waals surface area contributed by atoms with Gasteiger partial charge in [0.05, 0.1) is 5.69 Å². The second-order valence-electron chi connectivity index (χ2n) is 4.93. The summed E-state index contributed by atoms with van der Waals surface area (Å²) < 4.78 is 1.53. The molecule has 0 unspecified atom stereocenters. The van der Waals surface area contributed by atoms with Gasteiger partial charge in [0, 0.05) is 17.1 Å². The van der Waals surface area contributed by atoms with Crippen LogP contribution in [-0.4, -0.2) is 32.7 Å². The van der Waals surface area contributed by atoms with Gasteiger partial charge in [-0.1, -0.05) is 23.7 Å². The van der Waals surface area contributed by atoms with Gasteiger partial charge in [-0.2, -0.15) is 0 Å². The Morgan fingerprint density at radius 3 is 2.48 bits per heavy atom. The van der Waals surface area contributed by atoms with Crippen molar-refractivity contribution >= 4 is 17.5 Å². The zero-order chi connectivity index (χ0) is 16.1. The van der Waals surface area contributed by atoms with Crippen LogP contribution in [0.4, 0.5) is 0 Å². The van der Waals surface area contributed by atoms with Crippen molar-refractivity contribution in [3.63, 3.8) is 0 Å². The fourth-order valence-corrected chi connectivity index (χ4v) is 2.24. The molecule has 0 saturated carbocycles. The maximum Gasteiger partial charge on any atom is 0.251 e. The van der Waals surface area contributed by atoms with Gasteiger partial charge >= 0.3 is 0 Å². The maximum absolute atomic E-state index is 12.1. The molecule has 0 aliphatic heterocycles. The van der Waals surface area contributed by atoms with Gasteiger partial charge < -0.3 is 5.32 Å². The second kappa shape index (κ2) is 7.02. The van der Waals surface area contributed by atoms with Crippen molar-refractivity contribution in [1.82, 2.24) is 25.5 Å². The van der Waals surface area contributed by atoms with E-state index >= 15 is 0 Å². The van der Waals surface area contributed by atoms with Crippen molar-refractivity contribution in [3.8, 4) is 5.69 Å². The average Bonchev–Trinajstić information content (AvgIpc) is 3.11. The SMILES string of the molecule is O=C(NCCc1ccc(Cl)cc1)c1ccc(-n2cnnn2)cc1. The van der Waals surface area contributed by atoms with Gasteiger partial charge in [0.2, 0.25) is 0 Å². The van der Waals surface area contributed by atoms with E-state index in [0.29, 0.717) is 17.1 Å². The predicted molar refractivity (Wildman–Crippen MR) is 86.6 cm³/mol.